The van der Waals surface area contributed by atoms with Gasteiger partial charge in [0.2, 0.25) is 5.76 Å². The molecular formula is C23H21NO3. The minimum absolute atomic E-state index is 0.139. The maximum atomic E-state index is 13.3. The van der Waals surface area contributed by atoms with E-state index in [1.165, 1.54) is 5.56 Å². The van der Waals surface area contributed by atoms with Gasteiger partial charge in [-0.1, -0.05) is 48.9 Å². The fourth-order valence-corrected chi connectivity index (χ4v) is 3.74. The first kappa shape index (κ1) is 17.3. The summed E-state index contributed by atoms with van der Waals surface area (Å²) in [5, 5.41) is 0.511. The Hall–Kier alpha value is -3.14. The van der Waals surface area contributed by atoms with Gasteiger partial charge < -0.3 is 9.32 Å². The Balaban J connectivity index is 1.98. The molecule has 136 valence electrons. The van der Waals surface area contributed by atoms with E-state index < -0.39 is 6.04 Å². The van der Waals surface area contributed by atoms with E-state index in [9.17, 15) is 9.59 Å². The standard InChI is InChI=1S/C23H21NO3/c1-4-12-24-20(16-9-7-15(5-2)8-10-16)19-21(25)17-13-14(3)6-11-18(17)27-22(19)23(24)26/h4,6-11,13,20H,1,5,12H2,2-3H3. The fourth-order valence-electron chi connectivity index (χ4n) is 3.74. The molecule has 1 aromatic heterocycles. The van der Waals surface area contributed by atoms with Gasteiger partial charge in [0.15, 0.2) is 5.43 Å². The number of benzene rings is 2. The van der Waals surface area contributed by atoms with Crippen molar-refractivity contribution in [2.24, 2.45) is 0 Å². The summed E-state index contributed by atoms with van der Waals surface area (Å²) in [6.45, 7) is 8.14. The second kappa shape index (κ2) is 6.54. The number of rotatable bonds is 4. The number of carbonyl (C=O) groups is 1. The van der Waals surface area contributed by atoms with Gasteiger partial charge in [0.25, 0.3) is 5.91 Å². The van der Waals surface area contributed by atoms with Crippen LogP contribution in [0.1, 0.15) is 45.8 Å². The number of nitrogens with zero attached hydrogens (tertiary/aromatic N) is 1. The van der Waals surface area contributed by atoms with Crippen LogP contribution in [-0.4, -0.2) is 17.4 Å². The van der Waals surface area contributed by atoms with Crippen LogP contribution in [0.2, 0.25) is 0 Å². The third-order valence-electron chi connectivity index (χ3n) is 5.15. The van der Waals surface area contributed by atoms with Gasteiger partial charge in [-0.05, 0) is 36.6 Å². The average Bonchev–Trinajstić information content (AvgIpc) is 2.95. The molecule has 0 aliphatic carbocycles. The Morgan fingerprint density at radius 1 is 1.15 bits per heavy atom. The summed E-state index contributed by atoms with van der Waals surface area (Å²) in [4.78, 5) is 28.0. The maximum Gasteiger partial charge on any atom is 0.291 e. The number of fused-ring (bicyclic) bond motifs is 2. The maximum absolute atomic E-state index is 13.3. The smallest absolute Gasteiger partial charge is 0.291 e. The minimum atomic E-state index is -0.461. The lowest BCUT2D eigenvalue weighted by Crippen LogP contribution is -2.29. The van der Waals surface area contributed by atoms with Crippen LogP contribution in [0.15, 0.2) is 64.3 Å². The van der Waals surface area contributed by atoms with Gasteiger partial charge in [0.1, 0.15) is 5.58 Å². The normalized spacial score (nSPS) is 16.0. The van der Waals surface area contributed by atoms with Crippen LogP contribution >= 0.6 is 0 Å². The highest BCUT2D eigenvalue weighted by Crippen LogP contribution is 2.38. The zero-order chi connectivity index (χ0) is 19.1. The summed E-state index contributed by atoms with van der Waals surface area (Å²) < 4.78 is 5.90. The van der Waals surface area contributed by atoms with E-state index >= 15 is 0 Å². The van der Waals surface area contributed by atoms with Crippen molar-refractivity contribution in [2.45, 2.75) is 26.3 Å². The van der Waals surface area contributed by atoms with Gasteiger partial charge in [0.05, 0.1) is 17.0 Å². The minimum Gasteiger partial charge on any atom is -0.450 e. The second-order valence-corrected chi connectivity index (χ2v) is 6.92. The third kappa shape index (κ3) is 2.69. The van der Waals surface area contributed by atoms with Gasteiger partial charge in [-0.2, -0.15) is 0 Å². The highest BCUT2D eigenvalue weighted by Gasteiger charge is 2.42. The van der Waals surface area contributed by atoms with Crippen molar-refractivity contribution in [1.29, 1.82) is 0 Å². The topological polar surface area (TPSA) is 50.5 Å². The molecule has 0 saturated carbocycles. The van der Waals surface area contributed by atoms with Crippen molar-refractivity contribution < 1.29 is 9.21 Å². The first-order valence-electron chi connectivity index (χ1n) is 9.13. The average molecular weight is 359 g/mol. The summed E-state index contributed by atoms with van der Waals surface area (Å²) in [7, 11) is 0. The Morgan fingerprint density at radius 3 is 2.56 bits per heavy atom. The Labute approximate surface area is 157 Å². The van der Waals surface area contributed by atoms with Gasteiger partial charge in [-0.25, -0.2) is 0 Å². The van der Waals surface area contributed by atoms with Gasteiger partial charge in [0, 0.05) is 6.54 Å². The predicted octanol–water partition coefficient (Wildman–Crippen LogP) is 4.40. The van der Waals surface area contributed by atoms with E-state index in [0.717, 1.165) is 17.5 Å². The van der Waals surface area contributed by atoms with Crippen LogP contribution in [0.5, 0.6) is 0 Å². The molecule has 1 atom stereocenters. The molecule has 4 nitrogen and oxygen atoms in total. The van der Waals surface area contributed by atoms with Gasteiger partial charge in [-0.15, -0.1) is 6.58 Å². The van der Waals surface area contributed by atoms with Crippen LogP contribution in [-0.2, 0) is 6.42 Å². The van der Waals surface area contributed by atoms with Gasteiger partial charge in [-0.3, -0.25) is 9.59 Å². The van der Waals surface area contributed by atoms with E-state index in [1.54, 1.807) is 17.0 Å². The molecule has 4 rings (SSSR count). The molecule has 1 unspecified atom stereocenters. The van der Waals surface area contributed by atoms with E-state index in [1.807, 2.05) is 43.3 Å². The second-order valence-electron chi connectivity index (χ2n) is 6.92. The summed E-state index contributed by atoms with van der Waals surface area (Å²) in [6.07, 6.45) is 2.61. The molecule has 0 saturated heterocycles. The van der Waals surface area contributed by atoms with E-state index in [-0.39, 0.29) is 17.1 Å². The Kier molecular flexibility index (Phi) is 4.19. The molecule has 0 N–H and O–H groups in total. The van der Waals surface area contributed by atoms with E-state index in [4.69, 9.17) is 4.42 Å². The van der Waals surface area contributed by atoms with E-state index in [2.05, 4.69) is 13.5 Å². The quantitative estimate of drug-likeness (QED) is 0.649. The third-order valence-corrected chi connectivity index (χ3v) is 5.15. The molecule has 3 aromatic rings. The number of carbonyl (C=O) groups excluding carboxylic acids is 1. The van der Waals surface area contributed by atoms with Crippen LogP contribution in [0.3, 0.4) is 0 Å². The molecule has 2 heterocycles. The number of amides is 1. The molecule has 1 aliphatic heterocycles. The molecule has 0 fully saturated rings. The zero-order valence-electron chi connectivity index (χ0n) is 15.5. The monoisotopic (exact) mass is 359 g/mol. The number of aryl methyl sites for hydroxylation is 2. The molecule has 1 amide bonds. The molecule has 27 heavy (non-hydrogen) atoms. The largest absolute Gasteiger partial charge is 0.450 e. The Morgan fingerprint density at radius 2 is 1.89 bits per heavy atom. The summed E-state index contributed by atoms with van der Waals surface area (Å²) >= 11 is 0. The molecule has 1 aliphatic rings. The molecule has 0 bridgehead atoms. The lowest BCUT2D eigenvalue weighted by molar-refractivity contribution is 0.0748. The first-order chi connectivity index (χ1) is 13.0. The molecule has 0 radical (unpaired) electrons. The lowest BCUT2D eigenvalue weighted by atomic mass is 9.97. The summed E-state index contributed by atoms with van der Waals surface area (Å²) in [6, 6.07) is 13.0. The van der Waals surface area contributed by atoms with Crippen LogP contribution in [0.25, 0.3) is 11.0 Å². The van der Waals surface area contributed by atoms with Crippen molar-refractivity contribution in [3.05, 3.63) is 93.4 Å². The van der Waals surface area contributed by atoms with Crippen LogP contribution in [0.4, 0.5) is 0 Å². The van der Waals surface area contributed by atoms with Crippen molar-refractivity contribution in [3.63, 3.8) is 0 Å². The summed E-state index contributed by atoms with van der Waals surface area (Å²) in [5.74, 6) is -0.128. The molecular weight excluding hydrogens is 338 g/mol. The Bertz CT molecular complexity index is 1110. The van der Waals surface area contributed by atoms with Crippen molar-refractivity contribution in [2.75, 3.05) is 6.54 Å². The predicted molar refractivity (Wildman–Crippen MR) is 106 cm³/mol. The SMILES string of the molecule is C=CCN1C(=O)c2oc3ccc(C)cc3c(=O)c2C1c1ccc(CC)cc1. The molecule has 0 spiro atoms. The highest BCUT2D eigenvalue weighted by atomic mass is 16.3. The summed E-state index contributed by atoms with van der Waals surface area (Å²) in [5.41, 5.74) is 3.81. The number of hydrogen-bond acceptors (Lipinski definition) is 3. The first-order valence-corrected chi connectivity index (χ1v) is 9.13. The van der Waals surface area contributed by atoms with Crippen molar-refractivity contribution >= 4 is 16.9 Å². The van der Waals surface area contributed by atoms with Crippen LogP contribution < -0.4 is 5.43 Å². The van der Waals surface area contributed by atoms with E-state index in [0.29, 0.717) is 23.1 Å². The fraction of sp³-hybridized carbons (Fsp3) is 0.217. The van der Waals surface area contributed by atoms with Crippen LogP contribution in [0, 0.1) is 6.92 Å². The van der Waals surface area contributed by atoms with Crippen molar-refractivity contribution in [3.8, 4) is 0 Å². The zero-order valence-corrected chi connectivity index (χ0v) is 15.5. The lowest BCUT2D eigenvalue weighted by Gasteiger charge is -2.23. The van der Waals surface area contributed by atoms with Gasteiger partial charge >= 0.3 is 0 Å². The highest BCUT2D eigenvalue weighted by molar-refractivity contribution is 5.99. The molecule has 4 heteroatoms. The molecule has 2 aromatic carbocycles. The number of hydrogen-bond donors (Lipinski definition) is 0. The van der Waals surface area contributed by atoms with Crippen molar-refractivity contribution in [1.82, 2.24) is 4.90 Å².